The Morgan fingerprint density at radius 1 is 1.67 bits per heavy atom. The normalized spacial score (nSPS) is 23.2. The van der Waals surface area contributed by atoms with E-state index in [2.05, 4.69) is 22.1 Å². The van der Waals surface area contributed by atoms with Crippen LogP contribution in [0.5, 0.6) is 0 Å². The van der Waals surface area contributed by atoms with Crippen molar-refractivity contribution in [3.8, 4) is 0 Å². The van der Waals surface area contributed by atoms with Crippen molar-refractivity contribution >= 4 is 29.7 Å². The molecule has 18 heavy (non-hydrogen) atoms. The molecule has 2 heterocycles. The van der Waals surface area contributed by atoms with Crippen molar-refractivity contribution in [2.75, 3.05) is 19.7 Å². The second-order valence-electron chi connectivity index (χ2n) is 4.13. The number of rotatable bonds is 4. The molecule has 6 heteroatoms. The molecule has 0 bridgehead atoms. The van der Waals surface area contributed by atoms with Gasteiger partial charge in [-0.2, -0.15) is 0 Å². The molecule has 0 spiro atoms. The number of carbonyl (C=O) groups excluding carboxylic acids is 1. The molecule has 1 fully saturated rings. The van der Waals surface area contributed by atoms with Crippen LogP contribution < -0.4 is 10.6 Å². The summed E-state index contributed by atoms with van der Waals surface area (Å²) in [7, 11) is 0. The fourth-order valence-electron chi connectivity index (χ4n) is 1.90. The third-order valence-corrected chi connectivity index (χ3v) is 3.79. The number of ether oxygens (including phenoxy) is 1. The SMILES string of the molecule is C[C@H]1OCCN[C@@H]1C(=O)NCCc1cccs1.Cl. The highest BCUT2D eigenvalue weighted by atomic mass is 35.5. The lowest BCUT2D eigenvalue weighted by Crippen LogP contribution is -2.55. The number of hydrogen-bond donors (Lipinski definition) is 2. The zero-order valence-electron chi connectivity index (χ0n) is 10.3. The number of nitrogens with one attached hydrogen (secondary N) is 2. The summed E-state index contributed by atoms with van der Waals surface area (Å²) in [5, 5.41) is 8.18. The van der Waals surface area contributed by atoms with Gasteiger partial charge in [-0.15, -0.1) is 23.7 Å². The number of morpholine rings is 1. The van der Waals surface area contributed by atoms with Crippen molar-refractivity contribution in [2.45, 2.75) is 25.5 Å². The molecule has 102 valence electrons. The van der Waals surface area contributed by atoms with Crippen molar-refractivity contribution < 1.29 is 9.53 Å². The Bertz CT molecular complexity index is 359. The summed E-state index contributed by atoms with van der Waals surface area (Å²) in [6.07, 6.45) is 0.844. The number of amides is 1. The van der Waals surface area contributed by atoms with Crippen LogP contribution in [0.1, 0.15) is 11.8 Å². The molecule has 0 radical (unpaired) electrons. The largest absolute Gasteiger partial charge is 0.375 e. The molecule has 0 unspecified atom stereocenters. The summed E-state index contributed by atoms with van der Waals surface area (Å²) in [5.41, 5.74) is 0. The third kappa shape index (κ3) is 4.24. The Kier molecular flexibility index (Phi) is 6.63. The molecule has 1 aliphatic heterocycles. The Balaban J connectivity index is 0.00000162. The zero-order chi connectivity index (χ0) is 12.1. The first kappa shape index (κ1) is 15.4. The van der Waals surface area contributed by atoms with Gasteiger partial charge >= 0.3 is 0 Å². The van der Waals surface area contributed by atoms with Crippen molar-refractivity contribution in [2.24, 2.45) is 0 Å². The van der Waals surface area contributed by atoms with E-state index in [1.54, 1.807) is 11.3 Å². The first-order valence-corrected chi connectivity index (χ1v) is 6.80. The average Bonchev–Trinajstić information content (AvgIpc) is 2.82. The average molecular weight is 291 g/mol. The van der Waals surface area contributed by atoms with Crippen molar-refractivity contribution in [1.82, 2.24) is 10.6 Å². The highest BCUT2D eigenvalue weighted by molar-refractivity contribution is 7.09. The van der Waals surface area contributed by atoms with E-state index in [4.69, 9.17) is 4.74 Å². The highest BCUT2D eigenvalue weighted by Crippen LogP contribution is 2.08. The van der Waals surface area contributed by atoms with Crippen LogP contribution in [-0.2, 0) is 16.0 Å². The van der Waals surface area contributed by atoms with Gasteiger partial charge in [-0.05, 0) is 24.8 Å². The van der Waals surface area contributed by atoms with Gasteiger partial charge in [0.2, 0.25) is 5.91 Å². The molecular formula is C12H19ClN2O2S. The fourth-order valence-corrected chi connectivity index (χ4v) is 2.61. The van der Waals surface area contributed by atoms with Crippen molar-refractivity contribution in [3.63, 3.8) is 0 Å². The van der Waals surface area contributed by atoms with Crippen LogP contribution in [0, 0.1) is 0 Å². The van der Waals surface area contributed by atoms with Gasteiger partial charge < -0.3 is 15.4 Å². The summed E-state index contributed by atoms with van der Waals surface area (Å²) >= 11 is 1.72. The van der Waals surface area contributed by atoms with Gasteiger partial charge in [-0.1, -0.05) is 6.07 Å². The molecule has 4 nitrogen and oxygen atoms in total. The summed E-state index contributed by atoms with van der Waals surface area (Å²) < 4.78 is 5.44. The molecule has 1 amide bonds. The molecule has 1 aromatic rings. The summed E-state index contributed by atoms with van der Waals surface area (Å²) in [6.45, 7) is 4.04. The van der Waals surface area contributed by atoms with Crippen molar-refractivity contribution in [3.05, 3.63) is 22.4 Å². The lowest BCUT2D eigenvalue weighted by Gasteiger charge is -2.29. The molecule has 1 saturated heterocycles. The monoisotopic (exact) mass is 290 g/mol. The Hall–Kier alpha value is -0.620. The molecule has 0 saturated carbocycles. The van der Waals surface area contributed by atoms with E-state index in [9.17, 15) is 4.79 Å². The quantitative estimate of drug-likeness (QED) is 0.876. The molecule has 2 rings (SSSR count). The van der Waals surface area contributed by atoms with Gasteiger partial charge in [-0.3, -0.25) is 4.79 Å². The summed E-state index contributed by atoms with van der Waals surface area (Å²) in [5.74, 6) is 0.0359. The first-order chi connectivity index (χ1) is 8.27. The number of carbonyl (C=O) groups is 1. The maximum absolute atomic E-state index is 11.9. The molecule has 0 aromatic carbocycles. The predicted octanol–water partition coefficient (Wildman–Crippen LogP) is 1.21. The minimum Gasteiger partial charge on any atom is -0.375 e. The van der Waals surface area contributed by atoms with E-state index in [1.807, 2.05) is 13.0 Å². The van der Waals surface area contributed by atoms with Gasteiger partial charge in [0.25, 0.3) is 0 Å². The fraction of sp³-hybridized carbons (Fsp3) is 0.583. The highest BCUT2D eigenvalue weighted by Gasteiger charge is 2.27. The maximum Gasteiger partial charge on any atom is 0.239 e. The van der Waals surface area contributed by atoms with Crippen LogP contribution in [0.15, 0.2) is 17.5 Å². The van der Waals surface area contributed by atoms with Gasteiger partial charge in [-0.25, -0.2) is 0 Å². The molecular weight excluding hydrogens is 272 g/mol. The van der Waals surface area contributed by atoms with Gasteiger partial charge in [0.05, 0.1) is 12.7 Å². The van der Waals surface area contributed by atoms with Crippen LogP contribution in [-0.4, -0.2) is 37.7 Å². The predicted molar refractivity (Wildman–Crippen MR) is 75.5 cm³/mol. The number of thiophene rings is 1. The van der Waals surface area contributed by atoms with Crippen LogP contribution in [0.2, 0.25) is 0 Å². The lowest BCUT2D eigenvalue weighted by molar-refractivity contribution is -0.128. The standard InChI is InChI=1S/C12H18N2O2S.ClH/c1-9-11(13-6-7-16-9)12(15)14-5-4-10-3-2-8-17-10;/h2-3,8-9,11,13H,4-7H2,1H3,(H,14,15);1H/t9-,11+;/m1./s1. The Labute approximate surface area is 118 Å². The first-order valence-electron chi connectivity index (χ1n) is 5.92. The number of halogens is 1. The van der Waals surface area contributed by atoms with Gasteiger partial charge in [0.1, 0.15) is 6.04 Å². The number of hydrogen-bond acceptors (Lipinski definition) is 4. The second-order valence-corrected chi connectivity index (χ2v) is 5.16. The lowest BCUT2D eigenvalue weighted by atomic mass is 10.1. The van der Waals surface area contributed by atoms with Gasteiger partial charge in [0.15, 0.2) is 0 Å². The Morgan fingerprint density at radius 2 is 2.50 bits per heavy atom. The van der Waals surface area contributed by atoms with E-state index >= 15 is 0 Å². The maximum atomic E-state index is 11.9. The van der Waals surface area contributed by atoms with Crippen LogP contribution in [0.3, 0.4) is 0 Å². The summed E-state index contributed by atoms with van der Waals surface area (Å²) in [6, 6.07) is 3.90. The van der Waals surface area contributed by atoms with Crippen LogP contribution >= 0.6 is 23.7 Å². The van der Waals surface area contributed by atoms with Crippen molar-refractivity contribution in [1.29, 1.82) is 0 Å². The molecule has 2 N–H and O–H groups in total. The third-order valence-electron chi connectivity index (χ3n) is 2.85. The smallest absolute Gasteiger partial charge is 0.239 e. The second kappa shape index (κ2) is 7.74. The molecule has 2 atom stereocenters. The molecule has 1 aliphatic rings. The van der Waals surface area contributed by atoms with Gasteiger partial charge in [0, 0.05) is 18.0 Å². The van der Waals surface area contributed by atoms with Crippen LogP contribution in [0.4, 0.5) is 0 Å². The van der Waals surface area contributed by atoms with E-state index in [-0.39, 0.29) is 30.5 Å². The minimum absolute atomic E-state index is 0. The molecule has 1 aromatic heterocycles. The topological polar surface area (TPSA) is 50.4 Å². The van der Waals surface area contributed by atoms with E-state index in [1.165, 1.54) is 4.88 Å². The minimum atomic E-state index is -0.216. The Morgan fingerprint density at radius 3 is 3.17 bits per heavy atom. The van der Waals surface area contributed by atoms with E-state index in [0.717, 1.165) is 13.0 Å². The summed E-state index contributed by atoms with van der Waals surface area (Å²) in [4.78, 5) is 13.2. The van der Waals surface area contributed by atoms with E-state index in [0.29, 0.717) is 13.2 Å². The van der Waals surface area contributed by atoms with E-state index < -0.39 is 0 Å². The zero-order valence-corrected chi connectivity index (χ0v) is 12.0. The van der Waals surface area contributed by atoms with Crippen LogP contribution in [0.25, 0.3) is 0 Å². The molecule has 0 aliphatic carbocycles.